The van der Waals surface area contributed by atoms with Crippen LogP contribution in [0.3, 0.4) is 0 Å². The Hall–Kier alpha value is -0.350. The number of benzene rings is 1. The first-order valence-corrected chi connectivity index (χ1v) is 6.41. The van der Waals surface area contributed by atoms with Crippen LogP contribution in [0.4, 0.5) is 0 Å². The molecule has 0 bridgehead atoms. The summed E-state index contributed by atoms with van der Waals surface area (Å²) in [6.07, 6.45) is 0. The van der Waals surface area contributed by atoms with Gasteiger partial charge in [-0.2, -0.15) is 0 Å². The molecule has 2 nitrogen and oxygen atoms in total. The average Bonchev–Trinajstić information content (AvgIpc) is 2.17. The largest absolute Gasteiger partial charge is 0.349 e. The SMILES string of the molecule is CC(Br)C(=O)N[C@H](C)c1cccc(Br)c1. The number of amides is 1. The normalized spacial score (nSPS) is 14.4. The molecule has 0 spiro atoms. The predicted octanol–water partition coefficient (Wildman–Crippen LogP) is 3.41. The molecule has 0 aliphatic rings. The van der Waals surface area contributed by atoms with Gasteiger partial charge in [-0.25, -0.2) is 0 Å². The lowest BCUT2D eigenvalue weighted by atomic mass is 10.1. The minimum Gasteiger partial charge on any atom is -0.349 e. The Morgan fingerprint density at radius 2 is 2.07 bits per heavy atom. The quantitative estimate of drug-likeness (QED) is 0.843. The molecular formula is C11H13Br2NO. The molecule has 1 unspecified atom stereocenters. The summed E-state index contributed by atoms with van der Waals surface area (Å²) < 4.78 is 1.02. The van der Waals surface area contributed by atoms with Crippen LogP contribution < -0.4 is 5.32 Å². The van der Waals surface area contributed by atoms with Gasteiger partial charge in [0.05, 0.1) is 10.9 Å². The minimum atomic E-state index is -0.160. The molecule has 1 N–H and O–H groups in total. The van der Waals surface area contributed by atoms with E-state index in [1.807, 2.05) is 38.1 Å². The lowest BCUT2D eigenvalue weighted by molar-refractivity contribution is -0.120. The number of hydrogen-bond donors (Lipinski definition) is 1. The van der Waals surface area contributed by atoms with Gasteiger partial charge in [-0.3, -0.25) is 4.79 Å². The molecule has 0 aliphatic carbocycles. The summed E-state index contributed by atoms with van der Waals surface area (Å²) in [5.74, 6) is 0.00229. The standard InChI is InChI=1S/C11H13Br2NO/c1-7(12)11(15)14-8(2)9-4-3-5-10(13)6-9/h3-8H,1-2H3,(H,14,15)/t7?,8-/m1/s1. The highest BCUT2D eigenvalue weighted by molar-refractivity contribution is 9.10. The van der Waals surface area contributed by atoms with Crippen LogP contribution in [0.2, 0.25) is 0 Å². The fraction of sp³-hybridized carbons (Fsp3) is 0.364. The highest BCUT2D eigenvalue weighted by atomic mass is 79.9. The number of nitrogens with one attached hydrogen (secondary N) is 1. The van der Waals surface area contributed by atoms with Gasteiger partial charge in [-0.15, -0.1) is 0 Å². The molecule has 0 saturated carbocycles. The van der Waals surface area contributed by atoms with Gasteiger partial charge in [0.15, 0.2) is 0 Å². The van der Waals surface area contributed by atoms with Crippen molar-refractivity contribution in [3.8, 4) is 0 Å². The van der Waals surface area contributed by atoms with E-state index in [4.69, 9.17) is 0 Å². The molecule has 1 aromatic rings. The Balaban J connectivity index is 2.69. The maximum Gasteiger partial charge on any atom is 0.233 e. The first-order valence-electron chi connectivity index (χ1n) is 4.70. The number of alkyl halides is 1. The van der Waals surface area contributed by atoms with E-state index in [0.29, 0.717) is 0 Å². The first kappa shape index (κ1) is 12.7. The second-order valence-electron chi connectivity index (χ2n) is 3.40. The summed E-state index contributed by atoms with van der Waals surface area (Å²) in [7, 11) is 0. The van der Waals surface area contributed by atoms with Crippen molar-refractivity contribution < 1.29 is 4.79 Å². The molecule has 4 heteroatoms. The van der Waals surface area contributed by atoms with E-state index in [9.17, 15) is 4.79 Å². The molecule has 1 amide bonds. The van der Waals surface area contributed by atoms with Crippen molar-refractivity contribution in [2.75, 3.05) is 0 Å². The zero-order valence-electron chi connectivity index (χ0n) is 8.63. The van der Waals surface area contributed by atoms with Crippen molar-refractivity contribution in [1.29, 1.82) is 0 Å². The molecule has 15 heavy (non-hydrogen) atoms. The lowest BCUT2D eigenvalue weighted by Gasteiger charge is -2.15. The Bertz CT molecular complexity index is 352. The summed E-state index contributed by atoms with van der Waals surface area (Å²) >= 11 is 6.64. The monoisotopic (exact) mass is 333 g/mol. The van der Waals surface area contributed by atoms with Gasteiger partial charge < -0.3 is 5.32 Å². The Labute approximate surface area is 107 Å². The van der Waals surface area contributed by atoms with Crippen molar-refractivity contribution in [2.45, 2.75) is 24.7 Å². The summed E-state index contributed by atoms with van der Waals surface area (Å²) in [5, 5.41) is 2.92. The van der Waals surface area contributed by atoms with Gasteiger partial charge in [0, 0.05) is 4.47 Å². The van der Waals surface area contributed by atoms with Crippen molar-refractivity contribution in [3.05, 3.63) is 34.3 Å². The van der Waals surface area contributed by atoms with Gasteiger partial charge >= 0.3 is 0 Å². The third kappa shape index (κ3) is 3.95. The maximum absolute atomic E-state index is 11.4. The Kier molecular flexibility index (Phi) is 4.80. The molecule has 0 aliphatic heterocycles. The summed E-state index contributed by atoms with van der Waals surface area (Å²) in [5.41, 5.74) is 1.09. The maximum atomic E-state index is 11.4. The molecule has 0 radical (unpaired) electrons. The van der Waals surface area contributed by atoms with Crippen LogP contribution in [0.5, 0.6) is 0 Å². The Morgan fingerprint density at radius 3 is 2.60 bits per heavy atom. The van der Waals surface area contributed by atoms with Crippen LogP contribution in [-0.4, -0.2) is 10.7 Å². The predicted molar refractivity (Wildman–Crippen MR) is 69.1 cm³/mol. The lowest BCUT2D eigenvalue weighted by Crippen LogP contribution is -2.31. The van der Waals surface area contributed by atoms with Crippen LogP contribution in [0.15, 0.2) is 28.7 Å². The summed E-state index contributed by atoms with van der Waals surface area (Å²) in [4.78, 5) is 11.3. The van der Waals surface area contributed by atoms with E-state index in [2.05, 4.69) is 37.2 Å². The summed E-state index contributed by atoms with van der Waals surface area (Å²) in [6.45, 7) is 3.78. The van der Waals surface area contributed by atoms with Crippen LogP contribution >= 0.6 is 31.9 Å². The van der Waals surface area contributed by atoms with Crippen molar-refractivity contribution >= 4 is 37.8 Å². The van der Waals surface area contributed by atoms with Crippen LogP contribution in [-0.2, 0) is 4.79 Å². The van der Waals surface area contributed by atoms with Gasteiger partial charge in [0.2, 0.25) is 5.91 Å². The molecule has 82 valence electrons. The van der Waals surface area contributed by atoms with E-state index < -0.39 is 0 Å². The molecule has 0 saturated heterocycles. The zero-order chi connectivity index (χ0) is 11.4. The molecule has 0 heterocycles. The van der Waals surface area contributed by atoms with E-state index in [1.54, 1.807) is 0 Å². The van der Waals surface area contributed by atoms with Crippen molar-refractivity contribution in [1.82, 2.24) is 5.32 Å². The zero-order valence-corrected chi connectivity index (χ0v) is 11.8. The second kappa shape index (κ2) is 5.66. The second-order valence-corrected chi connectivity index (χ2v) is 5.69. The van der Waals surface area contributed by atoms with E-state index in [-0.39, 0.29) is 16.8 Å². The molecular weight excluding hydrogens is 322 g/mol. The molecule has 2 atom stereocenters. The van der Waals surface area contributed by atoms with Gasteiger partial charge in [0.1, 0.15) is 0 Å². The van der Waals surface area contributed by atoms with Gasteiger partial charge in [-0.05, 0) is 31.5 Å². The topological polar surface area (TPSA) is 29.1 Å². The average molecular weight is 335 g/mol. The highest BCUT2D eigenvalue weighted by Gasteiger charge is 2.13. The van der Waals surface area contributed by atoms with E-state index in [1.165, 1.54) is 0 Å². The van der Waals surface area contributed by atoms with Crippen LogP contribution in [0.1, 0.15) is 25.5 Å². The number of rotatable bonds is 3. The molecule has 0 fully saturated rings. The summed E-state index contributed by atoms with van der Waals surface area (Å²) in [6, 6.07) is 7.94. The molecule has 1 rings (SSSR count). The number of carbonyl (C=O) groups is 1. The third-order valence-corrected chi connectivity index (χ3v) is 2.98. The van der Waals surface area contributed by atoms with Gasteiger partial charge in [-0.1, -0.05) is 44.0 Å². The molecule has 0 aromatic heterocycles. The van der Waals surface area contributed by atoms with Crippen molar-refractivity contribution in [2.24, 2.45) is 0 Å². The third-order valence-electron chi connectivity index (χ3n) is 2.07. The minimum absolute atomic E-state index is 0.00229. The first-order chi connectivity index (χ1) is 7.00. The number of halogens is 2. The Morgan fingerprint density at radius 1 is 1.40 bits per heavy atom. The highest BCUT2D eigenvalue weighted by Crippen LogP contribution is 2.18. The number of carbonyl (C=O) groups excluding carboxylic acids is 1. The van der Waals surface area contributed by atoms with Crippen LogP contribution in [0, 0.1) is 0 Å². The van der Waals surface area contributed by atoms with Gasteiger partial charge in [0.25, 0.3) is 0 Å². The van der Waals surface area contributed by atoms with E-state index in [0.717, 1.165) is 10.0 Å². The van der Waals surface area contributed by atoms with Crippen LogP contribution in [0.25, 0.3) is 0 Å². The fourth-order valence-electron chi connectivity index (χ4n) is 1.19. The smallest absolute Gasteiger partial charge is 0.233 e. The van der Waals surface area contributed by atoms with Crippen molar-refractivity contribution in [3.63, 3.8) is 0 Å². The van der Waals surface area contributed by atoms with E-state index >= 15 is 0 Å². The molecule has 1 aromatic carbocycles. The fourth-order valence-corrected chi connectivity index (χ4v) is 1.74. The number of hydrogen-bond acceptors (Lipinski definition) is 1.